The van der Waals surface area contributed by atoms with Crippen LogP contribution in [0.2, 0.25) is 0 Å². The highest BCUT2D eigenvalue weighted by molar-refractivity contribution is 4.88. The van der Waals surface area contributed by atoms with E-state index in [1.54, 1.807) is 41.5 Å². The predicted octanol–water partition coefficient (Wildman–Crippen LogP) is 35.9. The molecule has 105 heavy (non-hydrogen) atoms. The maximum atomic E-state index is 12.3. The van der Waals surface area contributed by atoms with Crippen LogP contribution in [0.15, 0.2) is 0 Å². The Morgan fingerprint density at radius 1 is 0.390 bits per heavy atom. The molecular weight excluding hydrogens is 1440 g/mol. The summed E-state index contributed by atoms with van der Waals surface area (Å²) in [6.07, 6.45) is -22.5. The molecule has 0 amide bonds. The first kappa shape index (κ1) is 119. The normalized spacial score (nSPS) is 17.4. The van der Waals surface area contributed by atoms with Gasteiger partial charge in [-0.15, -0.1) is 0 Å². The molecule has 8 unspecified atom stereocenters. The molecule has 1 aliphatic rings. The Bertz CT molecular complexity index is 1930. The van der Waals surface area contributed by atoms with Crippen LogP contribution in [0, 0.1) is 86.3 Å². The van der Waals surface area contributed by atoms with Crippen molar-refractivity contribution in [2.45, 2.75) is 426 Å². The summed E-state index contributed by atoms with van der Waals surface area (Å²) in [5.41, 5.74) is -4.24. The summed E-state index contributed by atoms with van der Waals surface area (Å²) in [5, 5.41) is 0. The summed E-state index contributed by atoms with van der Waals surface area (Å²) in [7, 11) is 0. The molecule has 0 aromatic carbocycles. The first-order chi connectivity index (χ1) is 47.7. The van der Waals surface area contributed by atoms with E-state index < -0.39 is 128 Å². The van der Waals surface area contributed by atoms with E-state index in [-0.39, 0.29) is 56.0 Å². The van der Waals surface area contributed by atoms with Crippen molar-refractivity contribution in [3.8, 4) is 0 Å². The zero-order valence-corrected chi connectivity index (χ0v) is 71.8. The average molecular weight is 1600 g/mol. The van der Waals surface area contributed by atoms with Crippen LogP contribution >= 0.6 is 0 Å². The Balaban J connectivity index is -0.0000000940. The second kappa shape index (κ2) is 64.7. The summed E-state index contributed by atoms with van der Waals surface area (Å²) in [5.74, 6) is -6.34. The summed E-state index contributed by atoms with van der Waals surface area (Å²) in [6, 6.07) is 0. The van der Waals surface area contributed by atoms with Crippen LogP contribution in [-0.2, 0) is 0 Å². The van der Waals surface area contributed by atoms with Gasteiger partial charge in [-0.2, -0.15) is 79.0 Å². The topological polar surface area (TPSA) is 0 Å². The van der Waals surface area contributed by atoms with Gasteiger partial charge < -0.3 is 0 Å². The van der Waals surface area contributed by atoms with Crippen molar-refractivity contribution in [2.24, 2.45) is 86.3 Å². The Kier molecular flexibility index (Phi) is 73.4. The fourth-order valence-electron chi connectivity index (χ4n) is 6.67. The van der Waals surface area contributed by atoms with Crippen molar-refractivity contribution in [3.63, 3.8) is 0 Å². The fraction of sp³-hybridized carbons (Fsp3) is 1.00. The van der Waals surface area contributed by atoms with Gasteiger partial charge >= 0.3 is 37.1 Å². The fourth-order valence-corrected chi connectivity index (χ4v) is 6.67. The summed E-state index contributed by atoms with van der Waals surface area (Å²) in [6.45, 7) is 60.9. The average Bonchev–Trinajstić information content (AvgIpc) is 1.37. The van der Waals surface area contributed by atoms with Gasteiger partial charge in [0.05, 0.1) is 29.8 Å². The first-order valence-corrected chi connectivity index (χ1v) is 37.6. The second-order valence-corrected chi connectivity index (χ2v) is 32.3. The molecule has 0 aromatic heterocycles. The molecule has 1 fully saturated rings. The summed E-state index contributed by atoms with van der Waals surface area (Å²) in [4.78, 5) is 0. The van der Waals surface area contributed by atoms with Crippen LogP contribution in [0.1, 0.15) is 376 Å². The number of hydrogen-bond donors (Lipinski definition) is 0. The molecule has 1 aliphatic carbocycles. The van der Waals surface area contributed by atoms with Crippen LogP contribution in [0.5, 0.6) is 0 Å². The number of halogens is 25. The van der Waals surface area contributed by atoms with Gasteiger partial charge in [0.15, 0.2) is 5.41 Å². The van der Waals surface area contributed by atoms with E-state index in [9.17, 15) is 110 Å². The third-order valence-electron chi connectivity index (χ3n) is 17.1. The smallest absolute Gasteiger partial charge is 0.251 e. The largest absolute Gasteiger partial charge is 0.402 e. The van der Waals surface area contributed by atoms with Gasteiger partial charge in [-0.05, 0) is 111 Å². The molecule has 0 radical (unpaired) electrons. The SMILES string of the molecule is CC1CCC(C(F)(F)F)C1C.CCC(C)(C(F)(F)F)C(F)(F)F.CCC(C)(C)C.CCC(C)(C)C(F)(F)F.CCC(C)C(F)F.CCC(F)(F)C(C)C.CCCC(C)(C)C.CCCC(C)C.CCCC(C)C(F)(F)F.CCCC(C)C(F)F.CCCC(C)CF.[2H]C([2H])(C)C(C)(C)C.[2H]C([2H])(C)CC(C)C(F)(F)F. The molecule has 0 N–H and O–H groups in total. The van der Waals surface area contributed by atoms with Crippen molar-refractivity contribution in [1.29, 1.82) is 0 Å². The molecule has 0 bridgehead atoms. The molecule has 1 saturated carbocycles. The highest BCUT2D eigenvalue weighted by Gasteiger charge is 2.66. The number of hydrogen-bond acceptors (Lipinski definition) is 0. The molecule has 1 rings (SSSR count). The maximum Gasteiger partial charge on any atom is 0.402 e. The van der Waals surface area contributed by atoms with Crippen molar-refractivity contribution < 1.29 is 115 Å². The molecule has 0 aromatic rings. The van der Waals surface area contributed by atoms with Gasteiger partial charge in [-0.1, -0.05) is 293 Å². The van der Waals surface area contributed by atoms with Crippen LogP contribution in [0.25, 0.3) is 0 Å². The van der Waals surface area contributed by atoms with Crippen molar-refractivity contribution in [2.75, 3.05) is 6.67 Å². The van der Waals surface area contributed by atoms with Crippen LogP contribution in [0.3, 0.4) is 0 Å². The standard InChI is InChI=1S/C8H13F3.C7H16.C6H8F6.3C6H11F3.2C6H12F2.C6H13F.3C6H14.C5H10F2/c1-5-3-4-7(6(5)2)8(9,10)11;1-5-6-7(2,3)4;1-3-4(2,5(7,8)9)6(10,11)12;1-4-5(2,3)6(7,8)9;2*1-3-4-5(2)6(7,8)9;1-4-6(7,8)5(2)3;1-3-4-5(2)6(7)8;1-3-4-6(2)5-7;2*1-5-6(2,3)4;1-4-5-6(2)3;1-3-4(2)5(6)7/h5-7H,3-4H2,1-2H3;5-6H2,1-4H3;3H2,1-2H3;4H2,1-3H3;2*5H,3-4H2,1-2H3;5H,4H2,1-3H3;5-6H,3-4H2,1-2H3;6H,3-5H2,1-2H3;2*5H2,1-4H3;6H,4-5H2,1-3H3;4-5H,3H2,1-2H3/i;;;;3D2;;;;;5D2;;;. The van der Waals surface area contributed by atoms with E-state index in [2.05, 4.69) is 83.1 Å². The molecule has 0 aliphatic heterocycles. The zero-order valence-electron chi connectivity index (χ0n) is 75.8. The van der Waals surface area contributed by atoms with E-state index in [1.165, 1.54) is 80.6 Å². The van der Waals surface area contributed by atoms with E-state index in [0.29, 0.717) is 36.5 Å². The molecule has 8 atom stereocenters. The lowest BCUT2D eigenvalue weighted by atomic mass is 9.86. The van der Waals surface area contributed by atoms with E-state index in [0.717, 1.165) is 52.4 Å². The lowest BCUT2D eigenvalue weighted by molar-refractivity contribution is -0.335. The minimum atomic E-state index is -5.24. The van der Waals surface area contributed by atoms with Crippen molar-refractivity contribution in [3.05, 3.63) is 0 Å². The minimum absolute atomic E-state index is 0.0509. The molecule has 0 spiro atoms. The third kappa shape index (κ3) is 87.7. The van der Waals surface area contributed by atoms with E-state index in [4.69, 9.17) is 5.48 Å². The lowest BCUT2D eigenvalue weighted by Crippen LogP contribution is -2.47. The summed E-state index contributed by atoms with van der Waals surface area (Å²) < 4.78 is 324. The molecule has 25 heteroatoms. The van der Waals surface area contributed by atoms with Gasteiger partial charge in [0, 0.05) is 29.7 Å². The van der Waals surface area contributed by atoms with E-state index in [1.807, 2.05) is 41.5 Å². The number of rotatable bonds is 19. The molecule has 0 saturated heterocycles. The van der Waals surface area contributed by atoms with Gasteiger partial charge in [0.25, 0.3) is 0 Å². The van der Waals surface area contributed by atoms with Crippen molar-refractivity contribution >= 4 is 0 Å². The van der Waals surface area contributed by atoms with E-state index >= 15 is 0 Å². The van der Waals surface area contributed by atoms with Gasteiger partial charge in [-0.3, -0.25) is 4.39 Å². The Morgan fingerprint density at radius 2 is 0.733 bits per heavy atom. The number of alkyl halides is 25. The second-order valence-electron chi connectivity index (χ2n) is 32.3. The first-order valence-electron chi connectivity index (χ1n) is 39.6. The Morgan fingerprint density at radius 3 is 0.790 bits per heavy atom. The third-order valence-corrected chi connectivity index (χ3v) is 17.1. The lowest BCUT2D eigenvalue weighted by Gasteiger charge is -2.32. The van der Waals surface area contributed by atoms with Crippen molar-refractivity contribution in [1.82, 2.24) is 0 Å². The predicted molar refractivity (Wildman–Crippen MR) is 397 cm³/mol. The van der Waals surface area contributed by atoms with Gasteiger partial charge in [0.1, 0.15) is 0 Å². The minimum Gasteiger partial charge on any atom is -0.251 e. The molecule has 0 heterocycles. The van der Waals surface area contributed by atoms with Crippen LogP contribution in [0.4, 0.5) is 110 Å². The maximum absolute atomic E-state index is 12.3. The Hall–Kier alpha value is -1.75. The highest BCUT2D eigenvalue weighted by atomic mass is 19.4. The molecular formula is C80H159F25. The van der Waals surface area contributed by atoms with Crippen LogP contribution in [-0.4, -0.2) is 62.5 Å². The van der Waals surface area contributed by atoms with Crippen LogP contribution < -0.4 is 0 Å². The molecule has 0 nitrogen and oxygen atoms in total. The van der Waals surface area contributed by atoms with Gasteiger partial charge in [0.2, 0.25) is 18.8 Å². The highest BCUT2D eigenvalue weighted by Crippen LogP contribution is 2.52. The molecule has 654 valence electrons. The Labute approximate surface area is 632 Å². The summed E-state index contributed by atoms with van der Waals surface area (Å²) >= 11 is 0. The monoisotopic (exact) mass is 1600 g/mol. The van der Waals surface area contributed by atoms with Gasteiger partial charge in [-0.25, -0.2) is 26.3 Å². The quantitative estimate of drug-likeness (QED) is 0.113. The zero-order chi connectivity index (χ0) is 91.4.